The van der Waals surface area contributed by atoms with Crippen LogP contribution >= 0.6 is 0 Å². The molecule has 16 heavy (non-hydrogen) atoms. The van der Waals surface area contributed by atoms with Crippen LogP contribution in [0.2, 0.25) is 0 Å². The van der Waals surface area contributed by atoms with Gasteiger partial charge >= 0.3 is 5.69 Å². The van der Waals surface area contributed by atoms with Crippen molar-refractivity contribution in [3.63, 3.8) is 0 Å². The minimum absolute atomic E-state index is 0.0362. The van der Waals surface area contributed by atoms with Crippen molar-refractivity contribution < 1.29 is 4.79 Å². The molecule has 1 atom stereocenters. The van der Waals surface area contributed by atoms with Crippen molar-refractivity contribution in [2.75, 3.05) is 0 Å². The molecule has 0 radical (unpaired) electrons. The van der Waals surface area contributed by atoms with E-state index in [1.807, 2.05) is 0 Å². The SMILES string of the molecule is CC(=O)C(C)c1cc2n[nH]c(=O)n2c(C)n1. The summed E-state index contributed by atoms with van der Waals surface area (Å²) < 4.78 is 1.37. The van der Waals surface area contributed by atoms with E-state index in [2.05, 4.69) is 15.2 Å². The van der Waals surface area contributed by atoms with E-state index in [9.17, 15) is 9.59 Å². The third-order valence-corrected chi connectivity index (χ3v) is 2.64. The number of aromatic nitrogens is 4. The van der Waals surface area contributed by atoms with Crippen LogP contribution in [-0.2, 0) is 4.79 Å². The van der Waals surface area contributed by atoms with E-state index < -0.39 is 0 Å². The molecule has 0 saturated heterocycles. The molecule has 0 aliphatic carbocycles. The maximum atomic E-state index is 11.4. The fourth-order valence-electron chi connectivity index (χ4n) is 1.55. The Morgan fingerprint density at radius 3 is 2.88 bits per heavy atom. The standard InChI is InChI=1S/C10H12N4O2/c1-5(6(2)15)8-4-9-12-13-10(16)14(9)7(3)11-8/h4-5H,1-3H3,(H,13,16). The number of carbonyl (C=O) groups is 1. The first-order valence-electron chi connectivity index (χ1n) is 4.96. The minimum atomic E-state index is -0.318. The Morgan fingerprint density at radius 1 is 1.56 bits per heavy atom. The Balaban J connectivity index is 2.67. The van der Waals surface area contributed by atoms with Crippen LogP contribution in [0.15, 0.2) is 10.9 Å². The number of H-pyrrole nitrogens is 1. The molecule has 0 amide bonds. The number of fused-ring (bicyclic) bond motifs is 1. The van der Waals surface area contributed by atoms with Gasteiger partial charge in [-0.25, -0.2) is 19.3 Å². The molecule has 1 N–H and O–H groups in total. The summed E-state index contributed by atoms with van der Waals surface area (Å²) in [6.45, 7) is 5.01. The van der Waals surface area contributed by atoms with Gasteiger partial charge in [-0.2, -0.15) is 5.10 Å². The number of aromatic amines is 1. The molecular weight excluding hydrogens is 208 g/mol. The van der Waals surface area contributed by atoms with Crippen molar-refractivity contribution in [1.82, 2.24) is 19.6 Å². The van der Waals surface area contributed by atoms with Crippen LogP contribution in [0.5, 0.6) is 0 Å². The van der Waals surface area contributed by atoms with Crippen LogP contribution in [0.4, 0.5) is 0 Å². The van der Waals surface area contributed by atoms with Gasteiger partial charge in [0.1, 0.15) is 11.6 Å². The Labute approximate surface area is 91.3 Å². The first-order valence-corrected chi connectivity index (χ1v) is 4.96. The van der Waals surface area contributed by atoms with Crippen LogP contribution < -0.4 is 5.69 Å². The quantitative estimate of drug-likeness (QED) is 0.795. The molecule has 2 heterocycles. The van der Waals surface area contributed by atoms with E-state index in [1.54, 1.807) is 19.9 Å². The zero-order valence-electron chi connectivity index (χ0n) is 9.31. The number of Topliss-reactive ketones (excluding diaryl/α,β-unsaturated/α-hetero) is 1. The summed E-state index contributed by atoms with van der Waals surface area (Å²) in [5.41, 5.74) is 0.805. The molecular formula is C10H12N4O2. The average Bonchev–Trinajstić information content (AvgIpc) is 2.59. The first kappa shape index (κ1) is 10.5. The van der Waals surface area contributed by atoms with Crippen LogP contribution in [0.1, 0.15) is 31.3 Å². The number of aryl methyl sites for hydroxylation is 1. The van der Waals surface area contributed by atoms with Crippen LogP contribution in [0, 0.1) is 6.92 Å². The van der Waals surface area contributed by atoms with E-state index in [4.69, 9.17) is 0 Å². The van der Waals surface area contributed by atoms with Crippen LogP contribution in [0.3, 0.4) is 0 Å². The molecule has 2 rings (SSSR count). The van der Waals surface area contributed by atoms with Crippen molar-refractivity contribution in [2.24, 2.45) is 0 Å². The number of rotatable bonds is 2. The normalized spacial score (nSPS) is 12.9. The lowest BCUT2D eigenvalue weighted by molar-refractivity contribution is -0.118. The molecule has 0 spiro atoms. The molecule has 6 heteroatoms. The molecule has 0 aromatic carbocycles. The monoisotopic (exact) mass is 220 g/mol. The van der Waals surface area contributed by atoms with Gasteiger partial charge in [0, 0.05) is 6.07 Å². The fraction of sp³-hybridized carbons (Fsp3) is 0.400. The predicted molar refractivity (Wildman–Crippen MR) is 57.4 cm³/mol. The smallest absolute Gasteiger partial charge is 0.299 e. The highest BCUT2D eigenvalue weighted by molar-refractivity contribution is 5.82. The van der Waals surface area contributed by atoms with Gasteiger partial charge in [0.15, 0.2) is 5.65 Å². The van der Waals surface area contributed by atoms with Gasteiger partial charge in [0.2, 0.25) is 0 Å². The zero-order valence-corrected chi connectivity index (χ0v) is 9.31. The second kappa shape index (κ2) is 3.55. The van der Waals surface area contributed by atoms with Gasteiger partial charge in [-0.05, 0) is 20.8 Å². The van der Waals surface area contributed by atoms with Crippen LogP contribution in [-0.4, -0.2) is 25.4 Å². The Morgan fingerprint density at radius 2 is 2.25 bits per heavy atom. The summed E-state index contributed by atoms with van der Waals surface area (Å²) in [6.07, 6.45) is 0. The number of hydrogen-bond acceptors (Lipinski definition) is 4. The van der Waals surface area contributed by atoms with E-state index in [-0.39, 0.29) is 17.4 Å². The van der Waals surface area contributed by atoms with Gasteiger partial charge in [0.05, 0.1) is 11.6 Å². The molecule has 0 saturated carbocycles. The van der Waals surface area contributed by atoms with Gasteiger partial charge < -0.3 is 0 Å². The lowest BCUT2D eigenvalue weighted by Gasteiger charge is -2.08. The van der Waals surface area contributed by atoms with E-state index in [0.29, 0.717) is 17.2 Å². The summed E-state index contributed by atoms with van der Waals surface area (Å²) in [4.78, 5) is 26.9. The van der Waals surface area contributed by atoms with E-state index >= 15 is 0 Å². The van der Waals surface area contributed by atoms with E-state index in [1.165, 1.54) is 11.3 Å². The van der Waals surface area contributed by atoms with Gasteiger partial charge in [-0.3, -0.25) is 4.79 Å². The molecule has 0 bridgehead atoms. The average molecular weight is 220 g/mol. The van der Waals surface area contributed by atoms with Crippen molar-refractivity contribution in [2.45, 2.75) is 26.7 Å². The Kier molecular flexibility index (Phi) is 2.34. The summed E-state index contributed by atoms with van der Waals surface area (Å²) in [7, 11) is 0. The van der Waals surface area contributed by atoms with Crippen LogP contribution in [0.25, 0.3) is 5.65 Å². The number of carbonyl (C=O) groups excluding carboxylic acids is 1. The summed E-state index contributed by atoms with van der Waals surface area (Å²) in [6, 6.07) is 1.65. The summed E-state index contributed by atoms with van der Waals surface area (Å²) >= 11 is 0. The molecule has 0 aliphatic heterocycles. The second-order valence-corrected chi connectivity index (χ2v) is 3.78. The van der Waals surface area contributed by atoms with Crippen molar-refractivity contribution in [3.05, 3.63) is 28.1 Å². The van der Waals surface area contributed by atoms with Crippen molar-refractivity contribution in [1.29, 1.82) is 0 Å². The molecule has 2 aromatic rings. The predicted octanol–water partition coefficient (Wildman–Crippen LogP) is 0.419. The summed E-state index contributed by atoms with van der Waals surface area (Å²) in [5.74, 6) is 0.281. The van der Waals surface area contributed by atoms with Crippen molar-refractivity contribution >= 4 is 11.4 Å². The molecule has 1 unspecified atom stereocenters. The number of hydrogen-bond donors (Lipinski definition) is 1. The molecule has 0 aliphatic rings. The van der Waals surface area contributed by atoms with Gasteiger partial charge in [0.25, 0.3) is 0 Å². The Hall–Kier alpha value is -1.98. The van der Waals surface area contributed by atoms with Crippen molar-refractivity contribution in [3.8, 4) is 0 Å². The maximum Gasteiger partial charge on any atom is 0.349 e. The highest BCUT2D eigenvalue weighted by atomic mass is 16.1. The zero-order chi connectivity index (χ0) is 11.9. The summed E-state index contributed by atoms with van der Waals surface area (Å²) in [5, 5.41) is 6.20. The van der Waals surface area contributed by atoms with E-state index in [0.717, 1.165) is 0 Å². The second-order valence-electron chi connectivity index (χ2n) is 3.78. The lowest BCUT2D eigenvalue weighted by atomic mass is 10.0. The minimum Gasteiger partial charge on any atom is -0.299 e. The largest absolute Gasteiger partial charge is 0.349 e. The number of ketones is 1. The van der Waals surface area contributed by atoms with Gasteiger partial charge in [-0.1, -0.05) is 0 Å². The number of nitrogens with one attached hydrogen (secondary N) is 1. The molecule has 0 fully saturated rings. The highest BCUT2D eigenvalue weighted by Gasteiger charge is 2.15. The fourth-order valence-corrected chi connectivity index (χ4v) is 1.55. The molecule has 84 valence electrons. The topological polar surface area (TPSA) is 80.1 Å². The lowest BCUT2D eigenvalue weighted by Crippen LogP contribution is -2.15. The number of nitrogens with zero attached hydrogens (tertiary/aromatic N) is 3. The molecule has 2 aromatic heterocycles. The molecule has 6 nitrogen and oxygen atoms in total. The third-order valence-electron chi connectivity index (χ3n) is 2.64. The Bertz CT molecular complexity index is 611. The third kappa shape index (κ3) is 1.52. The first-order chi connectivity index (χ1) is 7.50. The highest BCUT2D eigenvalue weighted by Crippen LogP contribution is 2.15. The van der Waals surface area contributed by atoms with Gasteiger partial charge in [-0.15, -0.1) is 0 Å². The maximum absolute atomic E-state index is 11.4.